The van der Waals surface area contributed by atoms with E-state index >= 15 is 0 Å². The number of nitrogens with two attached hydrogens (primary N) is 1. The van der Waals surface area contributed by atoms with Crippen LogP contribution < -0.4 is 5.73 Å². The van der Waals surface area contributed by atoms with Crippen LogP contribution in [-0.2, 0) is 23.1 Å². The van der Waals surface area contributed by atoms with Crippen LogP contribution >= 0.6 is 0 Å². The molecule has 0 aliphatic heterocycles. The number of aryl methyl sites for hydroxylation is 2. The Morgan fingerprint density at radius 2 is 1.34 bits per heavy atom. The summed E-state index contributed by atoms with van der Waals surface area (Å²) in [5.74, 6) is 0.943. The number of benzene rings is 1. The smallest absolute Gasteiger partial charge is 0.294 e. The first-order valence-electron chi connectivity index (χ1n) is 15.4. The van der Waals surface area contributed by atoms with Crippen molar-refractivity contribution in [1.82, 2.24) is 9.55 Å². The molecule has 2 rings (SSSR count). The van der Waals surface area contributed by atoms with Crippen molar-refractivity contribution in [3.63, 3.8) is 0 Å². The molecule has 0 amide bonds. The van der Waals surface area contributed by atoms with Crippen molar-refractivity contribution in [3.05, 3.63) is 24.0 Å². The maximum Gasteiger partial charge on any atom is 0.294 e. The van der Waals surface area contributed by atoms with Crippen LogP contribution in [0.4, 0.5) is 0 Å². The summed E-state index contributed by atoms with van der Waals surface area (Å²) in [5.41, 5.74) is 7.66. The predicted molar refractivity (Wildman–Crippen MR) is 160 cm³/mol. The number of rotatable bonds is 22. The van der Waals surface area contributed by atoms with Crippen molar-refractivity contribution in [1.29, 1.82) is 0 Å². The SMILES string of the molecule is CCCCCCCCCCCCCCCCCCn1c(CC[C@@](C)(N)CC)nc2cc(S(=O)(=O)O)ccc21. The molecule has 0 aliphatic rings. The van der Waals surface area contributed by atoms with Gasteiger partial charge in [-0.15, -0.1) is 0 Å². The minimum atomic E-state index is -4.25. The molecule has 1 atom stereocenters. The van der Waals surface area contributed by atoms with Crippen molar-refractivity contribution in [2.75, 3.05) is 0 Å². The van der Waals surface area contributed by atoms with Crippen molar-refractivity contribution in [3.8, 4) is 0 Å². The van der Waals surface area contributed by atoms with Crippen LogP contribution in [0.5, 0.6) is 0 Å². The molecule has 1 aromatic carbocycles. The Morgan fingerprint density at radius 3 is 1.82 bits per heavy atom. The van der Waals surface area contributed by atoms with E-state index in [9.17, 15) is 13.0 Å². The number of aromatic nitrogens is 2. The largest absolute Gasteiger partial charge is 0.328 e. The normalized spacial score (nSPS) is 13.8. The van der Waals surface area contributed by atoms with Gasteiger partial charge in [-0.1, -0.05) is 110 Å². The van der Waals surface area contributed by atoms with E-state index in [0.29, 0.717) is 5.52 Å². The summed E-state index contributed by atoms with van der Waals surface area (Å²) < 4.78 is 34.9. The molecular formula is C31H55N3O3S. The lowest BCUT2D eigenvalue weighted by atomic mass is 9.94. The second-order valence-electron chi connectivity index (χ2n) is 11.6. The van der Waals surface area contributed by atoms with E-state index in [1.807, 2.05) is 0 Å². The Labute approximate surface area is 232 Å². The van der Waals surface area contributed by atoms with E-state index in [2.05, 4.69) is 25.3 Å². The number of nitrogens with zero attached hydrogens (tertiary/aromatic N) is 2. The van der Waals surface area contributed by atoms with E-state index in [0.717, 1.165) is 43.6 Å². The van der Waals surface area contributed by atoms with Gasteiger partial charge in [0.25, 0.3) is 10.1 Å². The van der Waals surface area contributed by atoms with Crippen LogP contribution in [0.3, 0.4) is 0 Å². The minimum absolute atomic E-state index is 0.110. The lowest BCUT2D eigenvalue weighted by Gasteiger charge is -2.22. The fraction of sp³-hybridized carbons (Fsp3) is 0.774. The number of unbranched alkanes of at least 4 members (excludes halogenated alkanes) is 15. The van der Waals surface area contributed by atoms with E-state index in [1.165, 1.54) is 108 Å². The molecule has 2 aromatic rings. The summed E-state index contributed by atoms with van der Waals surface area (Å²) in [5, 5.41) is 0. The van der Waals surface area contributed by atoms with Gasteiger partial charge in [-0.25, -0.2) is 4.98 Å². The minimum Gasteiger partial charge on any atom is -0.328 e. The quantitative estimate of drug-likeness (QED) is 0.113. The molecule has 0 radical (unpaired) electrons. The van der Waals surface area contributed by atoms with E-state index in [4.69, 9.17) is 10.7 Å². The van der Waals surface area contributed by atoms with Crippen LogP contribution in [0.15, 0.2) is 23.1 Å². The summed E-state index contributed by atoms with van der Waals surface area (Å²) in [7, 11) is -4.25. The zero-order valence-electron chi connectivity index (χ0n) is 24.5. The first kappa shape index (κ1) is 32.8. The molecule has 0 aliphatic carbocycles. The summed E-state index contributed by atoms with van der Waals surface area (Å²) in [6.07, 6.45) is 24.0. The van der Waals surface area contributed by atoms with Gasteiger partial charge in [-0.2, -0.15) is 8.42 Å². The zero-order chi connectivity index (χ0) is 27.9. The van der Waals surface area contributed by atoms with Crippen LogP contribution in [0.2, 0.25) is 0 Å². The van der Waals surface area contributed by atoms with Crippen molar-refractivity contribution >= 4 is 21.2 Å². The highest BCUT2D eigenvalue weighted by Gasteiger charge is 2.19. The Balaban J connectivity index is 1.72. The Bertz CT molecular complexity index is 1030. The summed E-state index contributed by atoms with van der Waals surface area (Å²) in [6.45, 7) is 7.30. The molecule has 0 saturated carbocycles. The lowest BCUT2D eigenvalue weighted by molar-refractivity contribution is 0.410. The van der Waals surface area contributed by atoms with E-state index < -0.39 is 10.1 Å². The Morgan fingerprint density at radius 1 is 0.842 bits per heavy atom. The first-order valence-corrected chi connectivity index (χ1v) is 16.9. The van der Waals surface area contributed by atoms with Crippen LogP contribution in [0.25, 0.3) is 11.0 Å². The highest BCUT2D eigenvalue weighted by atomic mass is 32.2. The molecule has 0 unspecified atom stereocenters. The van der Waals surface area contributed by atoms with Gasteiger partial charge < -0.3 is 10.3 Å². The van der Waals surface area contributed by atoms with Crippen molar-refractivity contribution in [2.45, 2.75) is 160 Å². The highest BCUT2D eigenvalue weighted by Crippen LogP contribution is 2.24. The van der Waals surface area contributed by atoms with Gasteiger partial charge in [0.05, 0.1) is 15.9 Å². The Hall–Kier alpha value is -1.44. The third kappa shape index (κ3) is 12.2. The fourth-order valence-electron chi connectivity index (χ4n) is 5.15. The number of fused-ring (bicyclic) bond motifs is 1. The summed E-state index contributed by atoms with van der Waals surface area (Å²) >= 11 is 0. The molecule has 0 bridgehead atoms. The van der Waals surface area contributed by atoms with Crippen LogP contribution in [0, 0.1) is 0 Å². The van der Waals surface area contributed by atoms with Gasteiger partial charge in [-0.3, -0.25) is 4.55 Å². The third-order valence-electron chi connectivity index (χ3n) is 8.06. The van der Waals surface area contributed by atoms with E-state index in [1.54, 1.807) is 6.07 Å². The molecular weight excluding hydrogens is 494 g/mol. The van der Waals surface area contributed by atoms with Gasteiger partial charge >= 0.3 is 0 Å². The average molecular weight is 550 g/mol. The molecule has 1 aromatic heterocycles. The van der Waals surface area contributed by atoms with Crippen molar-refractivity contribution < 1.29 is 13.0 Å². The molecule has 6 nitrogen and oxygen atoms in total. The molecule has 218 valence electrons. The number of hydrogen-bond donors (Lipinski definition) is 2. The standard InChI is InChI=1S/C31H55N3O3S/c1-4-6-7-8-9-10-11-12-13-14-15-16-17-18-19-20-25-34-29-22-21-27(38(35,36)37)26-28(29)33-30(34)23-24-31(3,32)5-2/h21-22,26H,4-20,23-25,32H2,1-3H3,(H,35,36,37)/t31-/m0/s1. The van der Waals surface area contributed by atoms with Crippen LogP contribution in [-0.4, -0.2) is 28.1 Å². The molecule has 1 heterocycles. The molecule has 0 saturated heterocycles. The number of imidazole rings is 1. The maximum atomic E-state index is 11.6. The molecule has 38 heavy (non-hydrogen) atoms. The Kier molecular flexibility index (Phi) is 14.9. The van der Waals surface area contributed by atoms with Crippen molar-refractivity contribution in [2.24, 2.45) is 5.73 Å². The van der Waals surface area contributed by atoms with Gasteiger partial charge in [-0.05, 0) is 44.4 Å². The predicted octanol–water partition coefficient (Wildman–Crippen LogP) is 8.60. The average Bonchev–Trinajstić information content (AvgIpc) is 3.23. The van der Waals surface area contributed by atoms with Gasteiger partial charge in [0, 0.05) is 18.5 Å². The van der Waals surface area contributed by atoms with Gasteiger partial charge in [0.15, 0.2) is 0 Å². The third-order valence-corrected chi connectivity index (χ3v) is 8.91. The molecule has 3 N–H and O–H groups in total. The summed E-state index contributed by atoms with van der Waals surface area (Å²) in [4.78, 5) is 4.64. The second-order valence-corrected chi connectivity index (χ2v) is 13.0. The maximum absolute atomic E-state index is 11.6. The first-order chi connectivity index (χ1) is 18.2. The topological polar surface area (TPSA) is 98.2 Å². The zero-order valence-corrected chi connectivity index (χ0v) is 25.3. The highest BCUT2D eigenvalue weighted by molar-refractivity contribution is 7.85. The van der Waals surface area contributed by atoms with Gasteiger partial charge in [0.1, 0.15) is 5.82 Å². The lowest BCUT2D eigenvalue weighted by Crippen LogP contribution is -2.35. The molecule has 0 spiro atoms. The monoisotopic (exact) mass is 549 g/mol. The van der Waals surface area contributed by atoms with Gasteiger partial charge in [0.2, 0.25) is 0 Å². The summed E-state index contributed by atoms with van der Waals surface area (Å²) in [6, 6.07) is 4.70. The van der Waals surface area contributed by atoms with Crippen LogP contribution in [0.1, 0.15) is 142 Å². The van der Waals surface area contributed by atoms with E-state index in [-0.39, 0.29) is 10.4 Å². The molecule has 7 heteroatoms. The fourth-order valence-corrected chi connectivity index (χ4v) is 5.65. The molecule has 0 fully saturated rings. The second kappa shape index (κ2) is 17.3. The number of hydrogen-bond acceptors (Lipinski definition) is 4.